The number of aromatic nitrogens is 1. The Bertz CT molecular complexity index is 1200. The lowest BCUT2D eigenvalue weighted by Crippen LogP contribution is -2.53. The van der Waals surface area contributed by atoms with E-state index in [1.54, 1.807) is 9.80 Å². The number of piperazine rings is 1. The second kappa shape index (κ2) is 9.68. The number of pyridine rings is 1. The Morgan fingerprint density at radius 1 is 0.838 bits per heavy atom. The Balaban J connectivity index is 1.27. The van der Waals surface area contributed by atoms with Crippen molar-refractivity contribution in [2.75, 3.05) is 70.5 Å². The maximum absolute atomic E-state index is 14.7. The largest absolute Gasteiger partial charge is 0.370 e. The summed E-state index contributed by atoms with van der Waals surface area (Å²) in [6.45, 7) is 5.34. The highest BCUT2D eigenvalue weighted by Gasteiger charge is 2.41. The van der Waals surface area contributed by atoms with Crippen LogP contribution in [0.25, 0.3) is 10.9 Å². The summed E-state index contributed by atoms with van der Waals surface area (Å²) < 4.78 is 40.7. The molecule has 0 N–H and O–H groups in total. The van der Waals surface area contributed by atoms with Gasteiger partial charge in [-0.05, 0) is 18.9 Å². The van der Waals surface area contributed by atoms with Crippen LogP contribution in [0.4, 0.5) is 19.3 Å². The number of urea groups is 1. The van der Waals surface area contributed by atoms with Gasteiger partial charge in [-0.25, -0.2) is 13.6 Å². The topological polar surface area (TPSA) is 78.5 Å². The van der Waals surface area contributed by atoms with Crippen LogP contribution in [-0.4, -0.2) is 103 Å². The van der Waals surface area contributed by atoms with Crippen molar-refractivity contribution in [1.29, 1.82) is 0 Å². The van der Waals surface area contributed by atoms with E-state index in [4.69, 9.17) is 9.47 Å². The second-order valence-electron chi connectivity index (χ2n) is 10.2. The molecule has 198 valence electrons. The molecule has 0 atom stereocenters. The quantitative estimate of drug-likeness (QED) is 0.612. The summed E-state index contributed by atoms with van der Waals surface area (Å²) in [6, 6.07) is 2.09. The van der Waals surface area contributed by atoms with Crippen LogP contribution in [0.3, 0.4) is 0 Å². The number of ether oxygens (including phenoxy) is 2. The van der Waals surface area contributed by atoms with Crippen molar-refractivity contribution >= 4 is 28.5 Å². The molecule has 4 aliphatic rings. The Morgan fingerprint density at radius 2 is 1.46 bits per heavy atom. The predicted molar refractivity (Wildman–Crippen MR) is 131 cm³/mol. The van der Waals surface area contributed by atoms with Gasteiger partial charge in [-0.3, -0.25) is 9.78 Å². The lowest BCUT2D eigenvalue weighted by atomic mass is 9.99. The van der Waals surface area contributed by atoms with E-state index in [-0.39, 0.29) is 22.8 Å². The summed E-state index contributed by atoms with van der Waals surface area (Å²) in [7, 11) is 0. The molecule has 3 amide bonds. The van der Waals surface area contributed by atoms with Crippen LogP contribution < -0.4 is 4.90 Å². The molecule has 37 heavy (non-hydrogen) atoms. The summed E-state index contributed by atoms with van der Waals surface area (Å²) in [5.74, 6) is -2.36. The van der Waals surface area contributed by atoms with Gasteiger partial charge in [0.2, 0.25) is 0 Å². The third kappa shape index (κ3) is 4.48. The number of piperidine rings is 1. The van der Waals surface area contributed by atoms with Gasteiger partial charge in [0.1, 0.15) is 11.3 Å². The molecule has 1 aromatic heterocycles. The van der Waals surface area contributed by atoms with Crippen molar-refractivity contribution in [3.63, 3.8) is 0 Å². The van der Waals surface area contributed by atoms with E-state index in [0.29, 0.717) is 76.6 Å². The molecule has 0 aliphatic carbocycles. The number of anilines is 1. The molecule has 0 radical (unpaired) electrons. The summed E-state index contributed by atoms with van der Waals surface area (Å²) in [6.07, 6.45) is 4.62. The molecule has 11 heteroatoms. The number of amides is 3. The highest BCUT2D eigenvalue weighted by atomic mass is 19.1. The van der Waals surface area contributed by atoms with Gasteiger partial charge in [-0.15, -0.1) is 0 Å². The molecule has 0 saturated carbocycles. The SMILES string of the molecule is O=C(c1cnc2c(F)cc(F)cc2c1N1CCC2(CC1)OCCO2)N1CCN(C(=O)N2CCCC2)CC1. The zero-order chi connectivity index (χ0) is 25.6. The van der Waals surface area contributed by atoms with E-state index in [1.807, 2.05) is 9.80 Å². The Hall–Kier alpha value is -3.05. The van der Waals surface area contributed by atoms with E-state index in [0.717, 1.165) is 32.0 Å². The van der Waals surface area contributed by atoms with Gasteiger partial charge in [0.25, 0.3) is 5.91 Å². The molecule has 5 heterocycles. The first-order chi connectivity index (χ1) is 17.9. The first-order valence-corrected chi connectivity index (χ1v) is 13.1. The highest BCUT2D eigenvalue weighted by Crippen LogP contribution is 2.38. The van der Waals surface area contributed by atoms with Crippen LogP contribution in [0, 0.1) is 11.6 Å². The van der Waals surface area contributed by atoms with Crippen molar-refractivity contribution in [3.05, 3.63) is 35.5 Å². The van der Waals surface area contributed by atoms with Crippen LogP contribution in [-0.2, 0) is 9.47 Å². The number of rotatable bonds is 2. The first-order valence-electron chi connectivity index (χ1n) is 13.1. The van der Waals surface area contributed by atoms with Crippen molar-refractivity contribution in [3.8, 4) is 0 Å². The highest BCUT2D eigenvalue weighted by molar-refractivity contribution is 6.07. The zero-order valence-corrected chi connectivity index (χ0v) is 20.8. The third-order valence-electron chi connectivity index (χ3n) is 7.96. The number of carbonyl (C=O) groups is 2. The molecule has 4 aliphatic heterocycles. The Labute approximate surface area is 213 Å². The van der Waals surface area contributed by atoms with Crippen LogP contribution in [0.1, 0.15) is 36.0 Å². The van der Waals surface area contributed by atoms with Gasteiger partial charge < -0.3 is 29.1 Å². The lowest BCUT2D eigenvalue weighted by molar-refractivity contribution is -0.169. The summed E-state index contributed by atoms with van der Waals surface area (Å²) in [4.78, 5) is 38.1. The smallest absolute Gasteiger partial charge is 0.320 e. The standard InChI is InChI=1S/C26H31F2N5O4/c27-18-15-19-22(21(28)16-18)29-17-20(23(19)30-7-3-26(4-8-30)36-13-14-37-26)24(34)31-9-11-33(12-10-31)25(35)32-5-1-2-6-32/h15-17H,1-14H2. The number of fused-ring (bicyclic) bond motifs is 1. The van der Waals surface area contributed by atoms with E-state index in [9.17, 15) is 18.4 Å². The Kier molecular flexibility index (Phi) is 6.36. The van der Waals surface area contributed by atoms with Crippen molar-refractivity contribution in [2.45, 2.75) is 31.5 Å². The number of hydrogen-bond donors (Lipinski definition) is 0. The number of carbonyl (C=O) groups excluding carboxylic acids is 2. The normalized spacial score (nSPS) is 21.9. The molecular formula is C26H31F2N5O4. The van der Waals surface area contributed by atoms with Crippen molar-refractivity contribution in [1.82, 2.24) is 19.7 Å². The minimum absolute atomic E-state index is 0.0298. The zero-order valence-electron chi connectivity index (χ0n) is 20.8. The summed E-state index contributed by atoms with van der Waals surface area (Å²) in [5, 5.41) is 0.274. The van der Waals surface area contributed by atoms with Crippen LogP contribution >= 0.6 is 0 Å². The van der Waals surface area contributed by atoms with Crippen molar-refractivity contribution < 1.29 is 27.8 Å². The average Bonchev–Trinajstić information content (AvgIpc) is 3.61. The van der Waals surface area contributed by atoms with E-state index < -0.39 is 17.4 Å². The number of hydrogen-bond acceptors (Lipinski definition) is 6. The molecular weight excluding hydrogens is 484 g/mol. The van der Waals surface area contributed by atoms with Gasteiger partial charge >= 0.3 is 6.03 Å². The second-order valence-corrected chi connectivity index (χ2v) is 10.2. The van der Waals surface area contributed by atoms with E-state index >= 15 is 0 Å². The molecule has 1 aromatic carbocycles. The number of halogens is 2. The Morgan fingerprint density at radius 3 is 2.14 bits per heavy atom. The van der Waals surface area contributed by atoms with Gasteiger partial charge in [-0.2, -0.15) is 0 Å². The molecule has 0 unspecified atom stereocenters. The molecule has 4 fully saturated rings. The maximum Gasteiger partial charge on any atom is 0.320 e. The number of likely N-dealkylation sites (tertiary alicyclic amines) is 1. The third-order valence-corrected chi connectivity index (χ3v) is 7.96. The van der Waals surface area contributed by atoms with Crippen LogP contribution in [0.2, 0.25) is 0 Å². The fourth-order valence-corrected chi connectivity index (χ4v) is 5.95. The van der Waals surface area contributed by atoms with Gasteiger partial charge in [-0.1, -0.05) is 0 Å². The lowest BCUT2D eigenvalue weighted by Gasteiger charge is -2.40. The molecule has 4 saturated heterocycles. The van der Waals surface area contributed by atoms with Gasteiger partial charge in [0.15, 0.2) is 11.6 Å². The summed E-state index contributed by atoms with van der Waals surface area (Å²) in [5.41, 5.74) is 0.820. The number of nitrogens with zero attached hydrogens (tertiary/aromatic N) is 5. The molecule has 6 rings (SSSR count). The number of benzene rings is 1. The van der Waals surface area contributed by atoms with Crippen LogP contribution in [0.5, 0.6) is 0 Å². The fraction of sp³-hybridized carbons (Fsp3) is 0.577. The molecule has 9 nitrogen and oxygen atoms in total. The van der Waals surface area contributed by atoms with E-state index in [1.165, 1.54) is 12.3 Å². The minimum atomic E-state index is -0.764. The van der Waals surface area contributed by atoms with E-state index in [2.05, 4.69) is 4.98 Å². The van der Waals surface area contributed by atoms with Crippen molar-refractivity contribution in [2.24, 2.45) is 0 Å². The molecule has 1 spiro atoms. The molecule has 0 bridgehead atoms. The average molecular weight is 516 g/mol. The van der Waals surface area contributed by atoms with Gasteiger partial charge in [0.05, 0.1) is 24.5 Å². The molecule has 2 aromatic rings. The summed E-state index contributed by atoms with van der Waals surface area (Å²) >= 11 is 0. The minimum Gasteiger partial charge on any atom is -0.370 e. The maximum atomic E-state index is 14.7. The monoisotopic (exact) mass is 515 g/mol. The van der Waals surface area contributed by atoms with Gasteiger partial charge in [0, 0.05) is 82.8 Å². The van der Waals surface area contributed by atoms with Crippen LogP contribution in [0.15, 0.2) is 18.3 Å². The fourth-order valence-electron chi connectivity index (χ4n) is 5.95. The first kappa shape index (κ1) is 24.3. The predicted octanol–water partition coefficient (Wildman–Crippen LogP) is 2.83.